The highest BCUT2D eigenvalue weighted by Gasteiger charge is 2.42. The number of primary amides is 1. The molecule has 6 rings (SSSR count). The van der Waals surface area contributed by atoms with Crippen LogP contribution in [0.5, 0.6) is 0 Å². The van der Waals surface area contributed by atoms with Crippen LogP contribution >= 0.6 is 0 Å². The summed E-state index contributed by atoms with van der Waals surface area (Å²) in [7, 11) is 0. The van der Waals surface area contributed by atoms with Crippen molar-refractivity contribution in [3.63, 3.8) is 0 Å². The number of aromatic amines is 1. The summed E-state index contributed by atoms with van der Waals surface area (Å²) in [6, 6.07) is 15.7. The van der Waals surface area contributed by atoms with E-state index in [-0.39, 0.29) is 64.0 Å². The maximum Gasteiger partial charge on any atom is 0.246 e. The van der Waals surface area contributed by atoms with Crippen LogP contribution in [0.4, 0.5) is 0 Å². The number of hydrogen-bond acceptors (Lipinski definition) is 7. The number of H-pyrrole nitrogens is 1. The first-order chi connectivity index (χ1) is 26.4. The van der Waals surface area contributed by atoms with E-state index in [1.54, 1.807) is 6.20 Å². The van der Waals surface area contributed by atoms with Gasteiger partial charge in [0.25, 0.3) is 0 Å². The fourth-order valence-corrected chi connectivity index (χ4v) is 7.30. The number of fused-ring (bicyclic) bond motifs is 4. The zero-order chi connectivity index (χ0) is 39.1. The number of nitrogens with zero attached hydrogens (tertiary/aromatic N) is 2. The second-order valence-electron chi connectivity index (χ2n) is 14.0. The largest absolute Gasteiger partial charge is 0.370 e. The van der Waals surface area contributed by atoms with Crippen molar-refractivity contribution in [1.82, 2.24) is 31.2 Å². The molecule has 2 bridgehead atoms. The van der Waals surface area contributed by atoms with Crippen LogP contribution in [0.3, 0.4) is 0 Å². The molecule has 288 valence electrons. The Morgan fingerprint density at radius 2 is 1.45 bits per heavy atom. The third-order valence-corrected chi connectivity index (χ3v) is 10.1. The van der Waals surface area contributed by atoms with E-state index < -0.39 is 65.7 Å². The van der Waals surface area contributed by atoms with Crippen molar-refractivity contribution in [3.05, 3.63) is 84.1 Å². The summed E-state index contributed by atoms with van der Waals surface area (Å²) in [6.07, 6.45) is 1.84. The normalized spacial score (nSPS) is 22.7. The Bertz CT molecular complexity index is 2130. The Kier molecular flexibility index (Phi) is 11.9. The van der Waals surface area contributed by atoms with Crippen molar-refractivity contribution >= 4 is 63.1 Å². The Balaban J connectivity index is 1.34. The molecular formula is C39H46N10O6. The van der Waals surface area contributed by atoms with Crippen LogP contribution in [0, 0.1) is 0 Å². The van der Waals surface area contributed by atoms with Gasteiger partial charge in [-0.1, -0.05) is 60.7 Å². The average Bonchev–Trinajstić information content (AvgIpc) is 3.78. The Labute approximate surface area is 317 Å². The van der Waals surface area contributed by atoms with Crippen LogP contribution in [0.2, 0.25) is 0 Å². The number of benzene rings is 3. The lowest BCUT2D eigenvalue weighted by atomic mass is 10.00. The summed E-state index contributed by atoms with van der Waals surface area (Å²) in [5.74, 6) is -3.82. The molecule has 16 heteroatoms. The summed E-state index contributed by atoms with van der Waals surface area (Å²) >= 11 is 0. The van der Waals surface area contributed by atoms with E-state index in [0.717, 1.165) is 32.8 Å². The second kappa shape index (κ2) is 17.1. The quantitative estimate of drug-likeness (QED) is 0.0654. The minimum absolute atomic E-state index is 0.0307. The van der Waals surface area contributed by atoms with Crippen molar-refractivity contribution in [1.29, 1.82) is 0 Å². The molecule has 5 atom stereocenters. The maximum absolute atomic E-state index is 14.4. The highest BCUT2D eigenvalue weighted by Crippen LogP contribution is 2.24. The van der Waals surface area contributed by atoms with Gasteiger partial charge in [0.15, 0.2) is 5.96 Å². The zero-order valence-electron chi connectivity index (χ0n) is 30.3. The molecule has 2 aliphatic rings. The maximum atomic E-state index is 14.4. The second-order valence-corrected chi connectivity index (χ2v) is 14.0. The average molecular weight is 751 g/mol. The van der Waals surface area contributed by atoms with Crippen LogP contribution in [0.25, 0.3) is 21.7 Å². The molecule has 0 spiro atoms. The van der Waals surface area contributed by atoms with E-state index in [2.05, 4.69) is 31.2 Å². The van der Waals surface area contributed by atoms with Crippen molar-refractivity contribution in [2.75, 3.05) is 13.1 Å². The molecule has 16 nitrogen and oxygen atoms in total. The van der Waals surface area contributed by atoms with E-state index in [1.165, 1.54) is 4.90 Å². The van der Waals surface area contributed by atoms with Gasteiger partial charge in [0.2, 0.25) is 35.4 Å². The third-order valence-electron chi connectivity index (χ3n) is 10.1. The third kappa shape index (κ3) is 9.57. The number of nitrogens with one attached hydrogen (secondary N) is 5. The first kappa shape index (κ1) is 38.3. The fourth-order valence-electron chi connectivity index (χ4n) is 7.30. The number of nitrogens with two attached hydrogens (primary N) is 3. The molecule has 2 saturated heterocycles. The first-order valence-corrected chi connectivity index (χ1v) is 18.3. The fraction of sp³-hybridized carbons (Fsp3) is 0.359. The SMILES string of the molecule is NC(=O)C1CC2CN1C(=O)[C@H](Cc1c[nH]c3ccccc13)NC(=O)[C@H](CCCN=C(N)N)NC(=O)[C@@H](Cc1ccc3ccccc3c1)NC(=O)CCC(=O)N2. The van der Waals surface area contributed by atoms with E-state index >= 15 is 0 Å². The highest BCUT2D eigenvalue weighted by atomic mass is 16.2. The summed E-state index contributed by atoms with van der Waals surface area (Å²) in [4.78, 5) is 90.3. The molecule has 0 radical (unpaired) electrons. The number of carbonyl (C=O) groups excluding carboxylic acids is 6. The number of para-hydroxylation sites is 1. The van der Waals surface area contributed by atoms with Gasteiger partial charge in [-0.3, -0.25) is 33.8 Å². The van der Waals surface area contributed by atoms with Gasteiger partial charge >= 0.3 is 0 Å². The molecule has 0 aliphatic carbocycles. The summed E-state index contributed by atoms with van der Waals surface area (Å²) in [5.41, 5.74) is 19.1. The van der Waals surface area contributed by atoms with E-state index in [4.69, 9.17) is 17.2 Å². The van der Waals surface area contributed by atoms with E-state index in [0.29, 0.717) is 0 Å². The Hall–Kier alpha value is -6.45. The number of rotatable bonds is 9. The Morgan fingerprint density at radius 1 is 0.764 bits per heavy atom. The van der Waals surface area contributed by atoms with Gasteiger partial charge in [0.05, 0.1) is 0 Å². The molecule has 4 aromatic rings. The highest BCUT2D eigenvalue weighted by molar-refractivity contribution is 5.97. The van der Waals surface area contributed by atoms with Crippen LogP contribution in [-0.2, 0) is 41.6 Å². The zero-order valence-corrected chi connectivity index (χ0v) is 30.3. The first-order valence-electron chi connectivity index (χ1n) is 18.3. The van der Waals surface area contributed by atoms with Crippen molar-refractivity contribution in [3.8, 4) is 0 Å². The van der Waals surface area contributed by atoms with Crippen LogP contribution in [-0.4, -0.2) is 94.6 Å². The monoisotopic (exact) mass is 750 g/mol. The Morgan fingerprint density at radius 3 is 2.22 bits per heavy atom. The number of carbonyl (C=O) groups is 6. The van der Waals surface area contributed by atoms with Gasteiger partial charge < -0.3 is 48.4 Å². The summed E-state index contributed by atoms with van der Waals surface area (Å²) in [5, 5.41) is 14.0. The lowest BCUT2D eigenvalue weighted by Gasteiger charge is -2.29. The van der Waals surface area contributed by atoms with Crippen molar-refractivity contribution in [2.24, 2.45) is 22.2 Å². The number of aromatic nitrogens is 1. The lowest BCUT2D eigenvalue weighted by Crippen LogP contribution is -2.58. The number of amides is 6. The van der Waals surface area contributed by atoms with E-state index in [1.807, 2.05) is 66.7 Å². The molecule has 55 heavy (non-hydrogen) atoms. The molecule has 1 aromatic heterocycles. The minimum atomic E-state index is -1.20. The van der Waals surface area contributed by atoms with Gasteiger partial charge in [0.1, 0.15) is 24.2 Å². The molecule has 3 aromatic carbocycles. The molecule has 6 amide bonds. The van der Waals surface area contributed by atoms with Crippen molar-refractivity contribution < 1.29 is 28.8 Å². The number of guanidine groups is 1. The van der Waals surface area contributed by atoms with Crippen LogP contribution in [0.15, 0.2) is 77.9 Å². The van der Waals surface area contributed by atoms with Gasteiger partial charge in [-0.25, -0.2) is 0 Å². The molecule has 3 heterocycles. The lowest BCUT2D eigenvalue weighted by molar-refractivity contribution is -0.141. The van der Waals surface area contributed by atoms with Gasteiger partial charge in [-0.05, 0) is 47.2 Å². The van der Waals surface area contributed by atoms with Crippen molar-refractivity contribution in [2.45, 2.75) is 75.2 Å². The van der Waals surface area contributed by atoms with Crippen LogP contribution in [0.1, 0.15) is 43.2 Å². The number of aliphatic imine (C=N–C) groups is 1. The summed E-state index contributed by atoms with van der Waals surface area (Å²) in [6.45, 7) is 0.116. The predicted octanol–water partition coefficient (Wildman–Crippen LogP) is -0.0209. The van der Waals surface area contributed by atoms with E-state index in [9.17, 15) is 28.8 Å². The minimum Gasteiger partial charge on any atom is -0.370 e. The molecule has 11 N–H and O–H groups in total. The summed E-state index contributed by atoms with van der Waals surface area (Å²) < 4.78 is 0. The molecule has 2 unspecified atom stereocenters. The number of hydrogen-bond donors (Lipinski definition) is 8. The molecule has 2 fully saturated rings. The predicted molar refractivity (Wildman–Crippen MR) is 206 cm³/mol. The van der Waals surface area contributed by atoms with Gasteiger partial charge in [-0.2, -0.15) is 0 Å². The molecule has 0 saturated carbocycles. The van der Waals surface area contributed by atoms with Gasteiger partial charge in [0, 0.05) is 61.9 Å². The van der Waals surface area contributed by atoms with Crippen LogP contribution < -0.4 is 38.5 Å². The molecule has 2 aliphatic heterocycles. The molecular weight excluding hydrogens is 704 g/mol. The standard InChI is InChI=1S/C39H46N10O6/c40-35(52)32-19-26-21-49(32)38(55)31(18-25-20-44-28-9-4-3-8-27(25)28)48-36(53)29(10-5-15-43-39(41)42)47-37(54)30(46-34(51)14-13-33(50)45-26)17-22-11-12-23-6-1-2-7-24(23)16-22/h1-4,6-9,11-12,16,20,26,29-32,44H,5,10,13-15,17-19,21H2,(H2,40,52)(H,45,50)(H,46,51)(H,47,54)(H,48,53)(H4,41,42,43)/t26?,29-,30+,31-,32?/m0/s1. The van der Waals surface area contributed by atoms with Gasteiger partial charge in [-0.15, -0.1) is 0 Å². The smallest absolute Gasteiger partial charge is 0.246 e. The topological polar surface area (TPSA) is 260 Å².